The molecule has 10 heteroatoms. The van der Waals surface area contributed by atoms with E-state index in [0.717, 1.165) is 77.0 Å². The number of nitrogens with one attached hydrogen (secondary N) is 1. The predicted molar refractivity (Wildman–Crippen MR) is 339 cm³/mol. The first-order valence-corrected chi connectivity index (χ1v) is 35.1. The van der Waals surface area contributed by atoms with Crippen LogP contribution >= 0.6 is 7.82 Å². The van der Waals surface area contributed by atoms with E-state index < -0.39 is 26.6 Å². The molecule has 0 heterocycles. The van der Waals surface area contributed by atoms with Crippen molar-refractivity contribution in [3.05, 3.63) is 60.8 Å². The Kier molecular flexibility index (Phi) is 57.2. The predicted octanol–water partition coefficient (Wildman–Crippen LogP) is 20.4. The standard InChI is InChI=1S/C69H129N2O7P/c1-7-10-13-16-19-22-25-28-30-32-34-35-37-39-41-44-47-50-53-56-59-62-69(73)78-67(60-57-54-51-48-45-42-27-24-21-18-15-12-9-3)66(65-77-79(74,75)76-64-63-71(4,5)6)70-68(72)61-58-55-52-49-46-43-40-38-36-33-31-29-26-23-20-17-14-11-8-2/h20,23,29,31,36,38,43,46,57,60,66-67H,7-19,21-22,24-28,30,32-35,37,39-42,44-45,47-56,58-59,61-65H2,1-6H3,(H-,70,72,74,75)/b23-20-,31-29-,38-36-,46-43-,60-57+. The molecule has 9 nitrogen and oxygen atoms in total. The number of likely N-dealkylation sites (N-methyl/N-ethyl adjacent to an activating group) is 1. The molecule has 3 atom stereocenters. The number of unbranched alkanes of at least 4 members (excludes halogenated alkanes) is 37. The topological polar surface area (TPSA) is 114 Å². The average Bonchev–Trinajstić information content (AvgIpc) is 3.41. The number of nitrogens with zero attached hydrogens (tertiary/aromatic N) is 1. The molecule has 1 N–H and O–H groups in total. The largest absolute Gasteiger partial charge is 0.756 e. The zero-order chi connectivity index (χ0) is 57.9. The molecule has 1 amide bonds. The summed E-state index contributed by atoms with van der Waals surface area (Å²) < 4.78 is 30.4. The first-order valence-electron chi connectivity index (χ1n) is 33.6. The average molecular weight is 1130 g/mol. The number of phosphoric ester groups is 1. The summed E-state index contributed by atoms with van der Waals surface area (Å²) in [4.78, 5) is 40.1. The number of hydrogen-bond acceptors (Lipinski definition) is 7. The lowest BCUT2D eigenvalue weighted by molar-refractivity contribution is -0.870. The molecule has 0 aliphatic carbocycles. The van der Waals surface area contributed by atoms with Gasteiger partial charge in [-0.3, -0.25) is 14.2 Å². The van der Waals surface area contributed by atoms with Gasteiger partial charge >= 0.3 is 5.97 Å². The Balaban J connectivity index is 5.23. The molecule has 0 aromatic rings. The second kappa shape index (κ2) is 58.9. The van der Waals surface area contributed by atoms with Crippen molar-refractivity contribution < 1.29 is 37.3 Å². The van der Waals surface area contributed by atoms with Gasteiger partial charge in [-0.05, 0) is 76.7 Å². The number of ether oxygens (including phenoxy) is 1. The maximum atomic E-state index is 13.6. The van der Waals surface area contributed by atoms with E-state index in [4.69, 9.17) is 13.8 Å². The highest BCUT2D eigenvalue weighted by atomic mass is 31.2. The molecular weight excluding hydrogens is 1000 g/mol. The summed E-state index contributed by atoms with van der Waals surface area (Å²) in [6.07, 6.45) is 74.8. The van der Waals surface area contributed by atoms with E-state index in [0.29, 0.717) is 17.4 Å². The number of rotatable bonds is 61. The van der Waals surface area contributed by atoms with Gasteiger partial charge in [-0.25, -0.2) is 0 Å². The first-order chi connectivity index (χ1) is 38.4. The van der Waals surface area contributed by atoms with Crippen molar-refractivity contribution in [1.82, 2.24) is 5.32 Å². The second-order valence-electron chi connectivity index (χ2n) is 24.0. The minimum absolute atomic E-state index is 0.0286. The fourth-order valence-corrected chi connectivity index (χ4v) is 10.5. The number of allylic oxidation sites excluding steroid dienone is 9. The van der Waals surface area contributed by atoms with Crippen LogP contribution < -0.4 is 10.2 Å². The molecule has 462 valence electrons. The molecular formula is C69H129N2O7P. The van der Waals surface area contributed by atoms with Crippen LogP contribution in [0.15, 0.2) is 60.8 Å². The lowest BCUT2D eigenvalue weighted by Gasteiger charge is -2.30. The van der Waals surface area contributed by atoms with Gasteiger partial charge in [0.1, 0.15) is 19.3 Å². The molecule has 0 aromatic heterocycles. The van der Waals surface area contributed by atoms with E-state index >= 15 is 0 Å². The Hall–Kier alpha value is -2.29. The zero-order valence-electron chi connectivity index (χ0n) is 52.8. The van der Waals surface area contributed by atoms with Crippen molar-refractivity contribution in [2.24, 2.45) is 0 Å². The van der Waals surface area contributed by atoms with Crippen LogP contribution in [0.4, 0.5) is 0 Å². The van der Waals surface area contributed by atoms with Crippen LogP contribution in [0.1, 0.15) is 316 Å². The van der Waals surface area contributed by atoms with E-state index in [-0.39, 0.29) is 31.3 Å². The lowest BCUT2D eigenvalue weighted by atomic mass is 10.0. The number of amides is 1. The Bertz CT molecular complexity index is 1540. The van der Waals surface area contributed by atoms with E-state index in [2.05, 4.69) is 74.7 Å². The third kappa shape index (κ3) is 60.1. The van der Waals surface area contributed by atoms with Gasteiger partial charge in [0, 0.05) is 12.8 Å². The van der Waals surface area contributed by atoms with E-state index in [1.807, 2.05) is 33.3 Å². The maximum Gasteiger partial charge on any atom is 0.306 e. The zero-order valence-corrected chi connectivity index (χ0v) is 53.7. The quantitative estimate of drug-likeness (QED) is 0.0212. The molecule has 0 rings (SSSR count). The third-order valence-electron chi connectivity index (χ3n) is 15.0. The number of esters is 1. The lowest BCUT2D eigenvalue weighted by Crippen LogP contribution is -2.47. The highest BCUT2D eigenvalue weighted by molar-refractivity contribution is 7.45. The van der Waals surface area contributed by atoms with Crippen molar-refractivity contribution in [3.8, 4) is 0 Å². The fourth-order valence-electron chi connectivity index (χ4n) is 9.74. The fraction of sp³-hybridized carbons (Fsp3) is 0.826. The van der Waals surface area contributed by atoms with Crippen molar-refractivity contribution in [3.63, 3.8) is 0 Å². The SMILES string of the molecule is CCCCC/C=C\C/C=C\C/C=C\C/C=C\CCCCCC(=O)NC(COP(=O)([O-])OCC[N+](C)(C)C)C(/C=C/CCCCCCCCCCCCC)OC(=O)CCCCCCCCCCCCCCCCCCCCCCC. The number of carbonyl (C=O) groups is 2. The minimum atomic E-state index is -4.71. The van der Waals surface area contributed by atoms with Crippen LogP contribution in [0.5, 0.6) is 0 Å². The summed E-state index contributed by atoms with van der Waals surface area (Å²) >= 11 is 0. The van der Waals surface area contributed by atoms with E-state index in [1.54, 1.807) is 0 Å². The van der Waals surface area contributed by atoms with Gasteiger partial charge in [-0.1, -0.05) is 287 Å². The molecule has 0 saturated heterocycles. The van der Waals surface area contributed by atoms with E-state index in [9.17, 15) is 19.0 Å². The van der Waals surface area contributed by atoms with Crippen LogP contribution in [0.25, 0.3) is 0 Å². The van der Waals surface area contributed by atoms with Gasteiger partial charge in [0.15, 0.2) is 0 Å². The molecule has 0 aliphatic heterocycles. The van der Waals surface area contributed by atoms with Gasteiger partial charge in [0.2, 0.25) is 5.91 Å². The molecule has 79 heavy (non-hydrogen) atoms. The van der Waals surface area contributed by atoms with Crippen molar-refractivity contribution in [2.45, 2.75) is 328 Å². The number of hydrogen-bond donors (Lipinski definition) is 1. The molecule has 0 fully saturated rings. The molecule has 3 unspecified atom stereocenters. The van der Waals surface area contributed by atoms with Gasteiger partial charge < -0.3 is 28.5 Å². The van der Waals surface area contributed by atoms with Crippen molar-refractivity contribution in [1.29, 1.82) is 0 Å². The van der Waals surface area contributed by atoms with Crippen LogP contribution in [0.3, 0.4) is 0 Å². The highest BCUT2D eigenvalue weighted by Gasteiger charge is 2.27. The normalized spacial score (nSPS) is 14.0. The molecule has 0 bridgehead atoms. The highest BCUT2D eigenvalue weighted by Crippen LogP contribution is 2.38. The van der Waals surface area contributed by atoms with Gasteiger partial charge in [-0.2, -0.15) is 0 Å². The van der Waals surface area contributed by atoms with Crippen LogP contribution in [0.2, 0.25) is 0 Å². The Morgan fingerprint density at radius 1 is 0.443 bits per heavy atom. The summed E-state index contributed by atoms with van der Waals surface area (Å²) in [5, 5.41) is 3.02. The van der Waals surface area contributed by atoms with Crippen LogP contribution in [0, 0.1) is 0 Å². The van der Waals surface area contributed by atoms with Crippen LogP contribution in [-0.2, 0) is 27.9 Å². The molecule has 0 aromatic carbocycles. The maximum absolute atomic E-state index is 13.6. The van der Waals surface area contributed by atoms with Gasteiger partial charge in [0.05, 0.1) is 33.8 Å². The van der Waals surface area contributed by atoms with Gasteiger partial charge in [-0.15, -0.1) is 0 Å². The van der Waals surface area contributed by atoms with Gasteiger partial charge in [0.25, 0.3) is 7.82 Å². The minimum Gasteiger partial charge on any atom is -0.756 e. The molecule has 0 radical (unpaired) electrons. The second-order valence-corrected chi connectivity index (χ2v) is 25.4. The molecule has 0 aliphatic rings. The van der Waals surface area contributed by atoms with E-state index in [1.165, 1.54) is 199 Å². The smallest absolute Gasteiger partial charge is 0.306 e. The summed E-state index contributed by atoms with van der Waals surface area (Å²) in [6.45, 7) is 6.83. The van der Waals surface area contributed by atoms with Crippen LogP contribution in [-0.4, -0.2) is 69.4 Å². The Morgan fingerprint density at radius 3 is 1.19 bits per heavy atom. The molecule has 0 spiro atoms. The van der Waals surface area contributed by atoms with Crippen molar-refractivity contribution >= 4 is 19.7 Å². The number of phosphoric acid groups is 1. The third-order valence-corrected chi connectivity index (χ3v) is 15.9. The molecule has 0 saturated carbocycles. The summed E-state index contributed by atoms with van der Waals surface area (Å²) in [5.41, 5.74) is 0. The Morgan fingerprint density at radius 2 is 0.772 bits per heavy atom. The van der Waals surface area contributed by atoms with Crippen molar-refractivity contribution in [2.75, 3.05) is 40.9 Å². The monoisotopic (exact) mass is 1130 g/mol. The number of quaternary nitrogens is 1. The summed E-state index contributed by atoms with van der Waals surface area (Å²) in [7, 11) is 1.17. The summed E-state index contributed by atoms with van der Waals surface area (Å²) in [5.74, 6) is -0.565. The Labute approximate surface area is 490 Å². The number of carbonyl (C=O) groups excluding carboxylic acids is 2. The first kappa shape index (κ1) is 76.7. The summed E-state index contributed by atoms with van der Waals surface area (Å²) in [6, 6.07) is -0.905.